The molecule has 4 heteroatoms. The number of hydrogen-bond donors (Lipinski definition) is 0. The van der Waals surface area contributed by atoms with Crippen molar-refractivity contribution in [3.63, 3.8) is 0 Å². The molecule has 0 radical (unpaired) electrons. The zero-order chi connectivity index (χ0) is 13.1. The molecule has 18 heavy (non-hydrogen) atoms. The van der Waals surface area contributed by atoms with Gasteiger partial charge in [0, 0.05) is 24.4 Å². The molecule has 0 saturated carbocycles. The molecule has 1 aromatic carbocycles. The number of carbonyl (C=O) groups is 1. The van der Waals surface area contributed by atoms with Gasteiger partial charge in [-0.2, -0.15) is 0 Å². The highest BCUT2D eigenvalue weighted by atomic mass is 19.1. The Kier molecular flexibility index (Phi) is 3.65. The highest BCUT2D eigenvalue weighted by Crippen LogP contribution is 2.26. The number of halogens is 1. The predicted octanol–water partition coefficient (Wildman–Crippen LogP) is 2.37. The minimum atomic E-state index is -0.343. The molecular weight excluding hydrogens is 233 g/mol. The summed E-state index contributed by atoms with van der Waals surface area (Å²) in [5.41, 5.74) is 0.429. The van der Waals surface area contributed by atoms with E-state index in [1.54, 1.807) is 23.1 Å². The van der Waals surface area contributed by atoms with Crippen LogP contribution in [0.3, 0.4) is 0 Å². The van der Waals surface area contributed by atoms with Gasteiger partial charge in [0.2, 0.25) is 5.91 Å². The number of rotatable bonds is 4. The fraction of sp³-hybridized carbons (Fsp3) is 0.357. The van der Waals surface area contributed by atoms with E-state index in [0.717, 1.165) is 0 Å². The van der Waals surface area contributed by atoms with Gasteiger partial charge < -0.3 is 9.64 Å². The molecule has 1 unspecified atom stereocenters. The Morgan fingerprint density at radius 3 is 3.00 bits per heavy atom. The van der Waals surface area contributed by atoms with Gasteiger partial charge in [0.15, 0.2) is 0 Å². The molecule has 0 N–H and O–H groups in total. The largest absolute Gasteiger partial charge is 0.496 e. The molecule has 1 aromatic rings. The highest BCUT2D eigenvalue weighted by Gasteiger charge is 2.28. The maximum Gasteiger partial charge on any atom is 0.223 e. The van der Waals surface area contributed by atoms with Crippen molar-refractivity contribution in [2.24, 2.45) is 5.92 Å². The van der Waals surface area contributed by atoms with Gasteiger partial charge in [0.05, 0.1) is 13.7 Å². The standard InChI is InChI=1S/C14H16FNO2/c1-3-10-7-14(17)16(8-10)9-11-12(15)5-4-6-13(11)18-2/h3-6,10H,1,7-9H2,2H3. The van der Waals surface area contributed by atoms with Crippen LogP contribution in [0.15, 0.2) is 30.9 Å². The first-order chi connectivity index (χ1) is 8.65. The van der Waals surface area contributed by atoms with Crippen molar-refractivity contribution >= 4 is 5.91 Å². The molecule has 1 aliphatic heterocycles. The minimum absolute atomic E-state index is 0.0326. The molecule has 1 aliphatic rings. The third-order valence-corrected chi connectivity index (χ3v) is 3.22. The van der Waals surface area contributed by atoms with Gasteiger partial charge in [0.1, 0.15) is 11.6 Å². The second-order valence-electron chi connectivity index (χ2n) is 4.39. The number of carbonyl (C=O) groups excluding carboxylic acids is 1. The molecule has 0 bridgehead atoms. The average molecular weight is 249 g/mol. The Hall–Kier alpha value is -1.84. The van der Waals surface area contributed by atoms with Crippen molar-refractivity contribution in [1.82, 2.24) is 4.90 Å². The molecule has 1 amide bonds. The normalized spacial score (nSPS) is 19.1. The number of ether oxygens (including phenoxy) is 1. The van der Waals surface area contributed by atoms with Crippen LogP contribution in [-0.4, -0.2) is 24.5 Å². The Morgan fingerprint density at radius 2 is 2.39 bits per heavy atom. The minimum Gasteiger partial charge on any atom is -0.496 e. The molecule has 2 rings (SSSR count). The second-order valence-corrected chi connectivity index (χ2v) is 4.39. The van der Waals surface area contributed by atoms with Crippen LogP contribution in [0.4, 0.5) is 4.39 Å². The molecule has 1 fully saturated rings. The summed E-state index contributed by atoms with van der Waals surface area (Å²) in [7, 11) is 1.50. The Morgan fingerprint density at radius 1 is 1.61 bits per heavy atom. The van der Waals surface area contributed by atoms with E-state index >= 15 is 0 Å². The third kappa shape index (κ3) is 2.37. The molecule has 0 spiro atoms. The average Bonchev–Trinajstić information content (AvgIpc) is 2.73. The number of methoxy groups -OCH3 is 1. The third-order valence-electron chi connectivity index (χ3n) is 3.22. The lowest BCUT2D eigenvalue weighted by Gasteiger charge is -2.18. The first-order valence-corrected chi connectivity index (χ1v) is 5.87. The van der Waals surface area contributed by atoms with E-state index in [1.807, 2.05) is 0 Å². The van der Waals surface area contributed by atoms with E-state index < -0.39 is 0 Å². The summed E-state index contributed by atoms with van der Waals surface area (Å²) in [5.74, 6) is 0.328. The predicted molar refractivity (Wildman–Crippen MR) is 66.7 cm³/mol. The van der Waals surface area contributed by atoms with Gasteiger partial charge in [-0.15, -0.1) is 6.58 Å². The van der Waals surface area contributed by atoms with E-state index in [-0.39, 0.29) is 24.2 Å². The van der Waals surface area contributed by atoms with Gasteiger partial charge in [-0.05, 0) is 12.1 Å². The lowest BCUT2D eigenvalue weighted by molar-refractivity contribution is -0.128. The van der Waals surface area contributed by atoms with Crippen LogP contribution < -0.4 is 4.74 Å². The molecule has 0 aromatic heterocycles. The first-order valence-electron chi connectivity index (χ1n) is 5.87. The quantitative estimate of drug-likeness (QED) is 0.767. The van der Waals surface area contributed by atoms with Crippen LogP contribution >= 0.6 is 0 Å². The van der Waals surface area contributed by atoms with Crippen molar-refractivity contribution in [1.29, 1.82) is 0 Å². The molecule has 0 aliphatic carbocycles. The molecule has 1 atom stereocenters. The summed E-state index contributed by atoms with van der Waals surface area (Å²) >= 11 is 0. The van der Waals surface area contributed by atoms with Gasteiger partial charge in [0.25, 0.3) is 0 Å². The van der Waals surface area contributed by atoms with E-state index in [1.165, 1.54) is 13.2 Å². The van der Waals surface area contributed by atoms with Crippen LogP contribution in [0.1, 0.15) is 12.0 Å². The zero-order valence-electron chi connectivity index (χ0n) is 10.4. The van der Waals surface area contributed by atoms with Gasteiger partial charge >= 0.3 is 0 Å². The Labute approximate surface area is 106 Å². The van der Waals surface area contributed by atoms with Gasteiger partial charge in [-0.1, -0.05) is 12.1 Å². The van der Waals surface area contributed by atoms with Crippen LogP contribution in [0.25, 0.3) is 0 Å². The molecule has 1 saturated heterocycles. The molecule has 96 valence electrons. The highest BCUT2D eigenvalue weighted by molar-refractivity contribution is 5.79. The van der Waals surface area contributed by atoms with Crippen molar-refractivity contribution in [3.8, 4) is 5.75 Å². The SMILES string of the molecule is C=CC1CC(=O)N(Cc2c(F)cccc2OC)C1. The smallest absolute Gasteiger partial charge is 0.223 e. The lowest BCUT2D eigenvalue weighted by atomic mass is 10.1. The number of nitrogens with zero attached hydrogens (tertiary/aromatic N) is 1. The summed E-state index contributed by atoms with van der Waals surface area (Å²) in [6.07, 6.45) is 2.23. The van der Waals surface area contributed by atoms with Crippen molar-refractivity contribution in [3.05, 3.63) is 42.2 Å². The summed E-state index contributed by atoms with van der Waals surface area (Å²) in [6.45, 7) is 4.54. The van der Waals surface area contributed by atoms with E-state index in [4.69, 9.17) is 4.74 Å². The molecular formula is C14H16FNO2. The summed E-state index contributed by atoms with van der Waals surface area (Å²) < 4.78 is 18.9. The number of amides is 1. The summed E-state index contributed by atoms with van der Waals surface area (Å²) in [6, 6.07) is 4.67. The van der Waals surface area contributed by atoms with Crippen LogP contribution in [-0.2, 0) is 11.3 Å². The Balaban J connectivity index is 2.19. The van der Waals surface area contributed by atoms with Crippen LogP contribution in [0.2, 0.25) is 0 Å². The van der Waals surface area contributed by atoms with E-state index in [9.17, 15) is 9.18 Å². The fourth-order valence-electron chi connectivity index (χ4n) is 2.19. The van der Waals surface area contributed by atoms with E-state index in [0.29, 0.717) is 24.3 Å². The zero-order valence-corrected chi connectivity index (χ0v) is 10.4. The van der Waals surface area contributed by atoms with Gasteiger partial charge in [-0.3, -0.25) is 4.79 Å². The van der Waals surface area contributed by atoms with Crippen LogP contribution in [0, 0.1) is 11.7 Å². The van der Waals surface area contributed by atoms with E-state index in [2.05, 4.69) is 6.58 Å². The topological polar surface area (TPSA) is 29.5 Å². The molecule has 1 heterocycles. The number of hydrogen-bond acceptors (Lipinski definition) is 2. The maximum atomic E-state index is 13.8. The van der Waals surface area contributed by atoms with Crippen molar-refractivity contribution < 1.29 is 13.9 Å². The monoisotopic (exact) mass is 249 g/mol. The van der Waals surface area contributed by atoms with Crippen molar-refractivity contribution in [2.45, 2.75) is 13.0 Å². The fourth-order valence-corrected chi connectivity index (χ4v) is 2.19. The van der Waals surface area contributed by atoms with Gasteiger partial charge in [-0.25, -0.2) is 4.39 Å². The second kappa shape index (κ2) is 5.21. The van der Waals surface area contributed by atoms with Crippen molar-refractivity contribution in [2.75, 3.05) is 13.7 Å². The Bertz CT molecular complexity index is 473. The summed E-state index contributed by atoms with van der Waals surface area (Å²) in [4.78, 5) is 13.4. The first kappa shape index (κ1) is 12.6. The molecule has 3 nitrogen and oxygen atoms in total. The number of likely N-dealkylation sites (tertiary alicyclic amines) is 1. The summed E-state index contributed by atoms with van der Waals surface area (Å²) in [5, 5.41) is 0. The number of benzene rings is 1. The lowest BCUT2D eigenvalue weighted by Crippen LogP contribution is -2.25. The van der Waals surface area contributed by atoms with Crippen LogP contribution in [0.5, 0.6) is 5.75 Å². The maximum absolute atomic E-state index is 13.8.